The van der Waals surface area contributed by atoms with Gasteiger partial charge >= 0.3 is 0 Å². The first-order chi connectivity index (χ1) is 8.76. The Hall–Kier alpha value is -1.52. The molecule has 0 fully saturated rings. The van der Waals surface area contributed by atoms with Crippen LogP contribution >= 0.6 is 11.6 Å². The monoisotopic (exact) mass is 265 g/mol. The van der Waals surface area contributed by atoms with Crippen molar-refractivity contribution in [2.24, 2.45) is 0 Å². The van der Waals surface area contributed by atoms with E-state index in [0.29, 0.717) is 10.8 Å². The summed E-state index contributed by atoms with van der Waals surface area (Å²) in [6, 6.07) is 5.75. The zero-order valence-corrected chi connectivity index (χ0v) is 11.2. The minimum Gasteiger partial charge on any atom is -0.495 e. The van der Waals surface area contributed by atoms with Gasteiger partial charge < -0.3 is 14.6 Å². The van der Waals surface area contributed by atoms with Gasteiger partial charge in [-0.05, 0) is 25.2 Å². The summed E-state index contributed by atoms with van der Waals surface area (Å²) in [4.78, 5) is 4.18. The molecule has 2 rings (SSSR count). The molecular weight excluding hydrogens is 250 g/mol. The Labute approximate surface area is 112 Å². The van der Waals surface area contributed by atoms with Crippen molar-refractivity contribution in [3.63, 3.8) is 0 Å². The summed E-state index contributed by atoms with van der Waals surface area (Å²) >= 11 is 6.14. The van der Waals surface area contributed by atoms with Crippen molar-refractivity contribution in [2.45, 2.75) is 6.54 Å². The number of hydrogen-bond acceptors (Lipinski definition) is 3. The van der Waals surface area contributed by atoms with Gasteiger partial charge in [0.05, 0.1) is 30.4 Å². The van der Waals surface area contributed by atoms with E-state index >= 15 is 0 Å². The lowest BCUT2D eigenvalue weighted by atomic mass is 10.1. The van der Waals surface area contributed by atoms with E-state index in [1.54, 1.807) is 7.11 Å². The van der Waals surface area contributed by atoms with Crippen LogP contribution in [0.4, 0.5) is 0 Å². The third kappa shape index (κ3) is 2.66. The van der Waals surface area contributed by atoms with Crippen molar-refractivity contribution < 1.29 is 4.74 Å². The number of imidazole rings is 1. The first-order valence-electron chi connectivity index (χ1n) is 5.75. The molecule has 2 aromatic rings. The molecule has 1 aromatic heterocycles. The van der Waals surface area contributed by atoms with E-state index in [2.05, 4.69) is 14.9 Å². The lowest BCUT2D eigenvalue weighted by Crippen LogP contribution is -2.14. The number of nitrogens with zero attached hydrogens (tertiary/aromatic N) is 2. The van der Waals surface area contributed by atoms with Crippen LogP contribution in [0.25, 0.3) is 11.3 Å². The summed E-state index contributed by atoms with van der Waals surface area (Å²) in [5.41, 5.74) is 2.09. The molecule has 1 aromatic carbocycles. The highest BCUT2D eigenvalue weighted by Gasteiger charge is 2.08. The number of rotatable bonds is 5. The molecule has 0 radical (unpaired) electrons. The van der Waals surface area contributed by atoms with E-state index in [1.807, 2.05) is 37.8 Å². The third-order valence-corrected chi connectivity index (χ3v) is 3.06. The molecule has 0 atom stereocenters. The fraction of sp³-hybridized carbons (Fsp3) is 0.308. The van der Waals surface area contributed by atoms with Gasteiger partial charge in [-0.15, -0.1) is 0 Å². The maximum atomic E-state index is 6.14. The number of methoxy groups -OCH3 is 1. The van der Waals surface area contributed by atoms with Crippen molar-refractivity contribution in [3.8, 4) is 17.0 Å². The molecule has 0 spiro atoms. The largest absolute Gasteiger partial charge is 0.495 e. The highest BCUT2D eigenvalue weighted by atomic mass is 35.5. The van der Waals surface area contributed by atoms with E-state index in [-0.39, 0.29) is 0 Å². The van der Waals surface area contributed by atoms with Gasteiger partial charge in [0, 0.05) is 18.7 Å². The third-order valence-electron chi connectivity index (χ3n) is 2.76. The average molecular weight is 266 g/mol. The first kappa shape index (κ1) is 12.9. The summed E-state index contributed by atoms with van der Waals surface area (Å²) in [7, 11) is 3.54. The van der Waals surface area contributed by atoms with Crippen LogP contribution in [0, 0.1) is 0 Å². The van der Waals surface area contributed by atoms with Gasteiger partial charge in [0.2, 0.25) is 0 Å². The van der Waals surface area contributed by atoms with Gasteiger partial charge in [0.15, 0.2) is 0 Å². The molecule has 0 aliphatic rings. The molecule has 4 nitrogen and oxygen atoms in total. The first-order valence-corrected chi connectivity index (χ1v) is 6.12. The second-order valence-electron chi connectivity index (χ2n) is 3.93. The normalized spacial score (nSPS) is 10.6. The Morgan fingerprint density at radius 2 is 2.28 bits per heavy atom. The molecule has 0 aliphatic carbocycles. The zero-order chi connectivity index (χ0) is 13.0. The fourth-order valence-electron chi connectivity index (χ4n) is 1.80. The summed E-state index contributed by atoms with van der Waals surface area (Å²) in [6.07, 6.45) is 3.67. The Morgan fingerprint density at radius 3 is 2.94 bits per heavy atom. The zero-order valence-electron chi connectivity index (χ0n) is 10.5. The molecule has 0 amide bonds. The number of benzene rings is 1. The second-order valence-corrected chi connectivity index (χ2v) is 4.33. The van der Waals surface area contributed by atoms with Crippen LogP contribution in [0.3, 0.4) is 0 Å². The smallest absolute Gasteiger partial charge is 0.137 e. The lowest BCUT2D eigenvalue weighted by molar-refractivity contribution is 0.415. The van der Waals surface area contributed by atoms with Crippen LogP contribution in [0.1, 0.15) is 0 Å². The Morgan fingerprint density at radius 1 is 1.44 bits per heavy atom. The number of ether oxygens (including phenoxy) is 1. The van der Waals surface area contributed by atoms with E-state index in [4.69, 9.17) is 16.3 Å². The maximum absolute atomic E-state index is 6.14. The SMILES string of the molecule is CNCCn1cncc1-c1ccc(OC)c(Cl)c1. The summed E-state index contributed by atoms with van der Waals surface area (Å²) < 4.78 is 7.24. The molecule has 0 aliphatic heterocycles. The number of likely N-dealkylation sites (N-methyl/N-ethyl adjacent to an activating group) is 1. The molecule has 1 heterocycles. The van der Waals surface area contributed by atoms with Gasteiger partial charge in [-0.1, -0.05) is 11.6 Å². The molecule has 5 heteroatoms. The topological polar surface area (TPSA) is 39.1 Å². The van der Waals surface area contributed by atoms with Crippen LogP contribution in [0.5, 0.6) is 5.75 Å². The number of aromatic nitrogens is 2. The van der Waals surface area contributed by atoms with Gasteiger partial charge in [-0.3, -0.25) is 0 Å². The second kappa shape index (κ2) is 5.89. The van der Waals surface area contributed by atoms with E-state index in [0.717, 1.165) is 24.3 Å². The predicted molar refractivity (Wildman–Crippen MR) is 73.2 cm³/mol. The molecule has 18 heavy (non-hydrogen) atoms. The van der Waals surface area contributed by atoms with Crippen LogP contribution < -0.4 is 10.1 Å². The molecule has 0 unspecified atom stereocenters. The van der Waals surface area contributed by atoms with Crippen molar-refractivity contribution >= 4 is 11.6 Å². The minimum absolute atomic E-state index is 0.608. The van der Waals surface area contributed by atoms with E-state index in [1.165, 1.54) is 0 Å². The number of halogens is 1. The van der Waals surface area contributed by atoms with Crippen LogP contribution in [0.15, 0.2) is 30.7 Å². The van der Waals surface area contributed by atoms with Crippen LogP contribution in [-0.4, -0.2) is 30.3 Å². The minimum atomic E-state index is 0.608. The highest BCUT2D eigenvalue weighted by Crippen LogP contribution is 2.29. The summed E-state index contributed by atoms with van der Waals surface area (Å²) in [5.74, 6) is 0.682. The Kier molecular flexibility index (Phi) is 4.23. The molecule has 96 valence electrons. The quantitative estimate of drug-likeness (QED) is 0.903. The standard InChI is InChI=1S/C13H16ClN3O/c1-15-5-6-17-9-16-8-12(17)10-3-4-13(18-2)11(14)7-10/h3-4,7-9,15H,5-6H2,1-2H3. The summed E-state index contributed by atoms with van der Waals surface area (Å²) in [6.45, 7) is 1.77. The van der Waals surface area contributed by atoms with Gasteiger partial charge in [-0.2, -0.15) is 0 Å². The Balaban J connectivity index is 2.31. The maximum Gasteiger partial charge on any atom is 0.137 e. The van der Waals surface area contributed by atoms with Crippen LogP contribution in [-0.2, 0) is 6.54 Å². The van der Waals surface area contributed by atoms with Crippen molar-refractivity contribution in [3.05, 3.63) is 35.7 Å². The number of hydrogen-bond donors (Lipinski definition) is 1. The van der Waals surface area contributed by atoms with Gasteiger partial charge in [0.1, 0.15) is 5.75 Å². The molecule has 1 N–H and O–H groups in total. The Bertz CT molecular complexity index is 525. The average Bonchev–Trinajstić information content (AvgIpc) is 2.84. The molecule has 0 saturated heterocycles. The van der Waals surface area contributed by atoms with Crippen LogP contribution in [0.2, 0.25) is 5.02 Å². The molecule has 0 saturated carbocycles. The van der Waals surface area contributed by atoms with E-state index in [9.17, 15) is 0 Å². The highest BCUT2D eigenvalue weighted by molar-refractivity contribution is 6.32. The summed E-state index contributed by atoms with van der Waals surface area (Å²) in [5, 5.41) is 3.73. The van der Waals surface area contributed by atoms with Crippen molar-refractivity contribution in [1.82, 2.24) is 14.9 Å². The van der Waals surface area contributed by atoms with Crippen molar-refractivity contribution in [2.75, 3.05) is 20.7 Å². The molecular formula is C13H16ClN3O. The fourth-order valence-corrected chi connectivity index (χ4v) is 2.05. The van der Waals surface area contributed by atoms with E-state index < -0.39 is 0 Å². The number of nitrogens with one attached hydrogen (secondary N) is 1. The van der Waals surface area contributed by atoms with Gasteiger partial charge in [-0.25, -0.2) is 4.98 Å². The van der Waals surface area contributed by atoms with Crippen molar-refractivity contribution in [1.29, 1.82) is 0 Å². The molecule has 0 bridgehead atoms. The van der Waals surface area contributed by atoms with Gasteiger partial charge in [0.25, 0.3) is 0 Å². The lowest BCUT2D eigenvalue weighted by Gasteiger charge is -2.09. The predicted octanol–water partition coefficient (Wildman–Crippen LogP) is 2.43.